The van der Waals surface area contributed by atoms with Gasteiger partial charge in [-0.2, -0.15) is 9.40 Å². The van der Waals surface area contributed by atoms with Gasteiger partial charge in [0.05, 0.1) is 9.90 Å². The maximum Gasteiger partial charge on any atom is 0.268 e. The van der Waals surface area contributed by atoms with E-state index in [1.54, 1.807) is 36.0 Å². The van der Waals surface area contributed by atoms with Gasteiger partial charge in [-0.1, -0.05) is 23.7 Å². The van der Waals surface area contributed by atoms with Crippen LogP contribution in [0.25, 0.3) is 23.0 Å². The minimum absolute atomic E-state index is 0.0287. The zero-order chi connectivity index (χ0) is 21.8. The molecule has 5 rings (SSSR count). The second-order valence-electron chi connectivity index (χ2n) is 6.94. The molecule has 8 nitrogen and oxygen atoms in total. The third kappa shape index (κ3) is 3.47. The molecule has 1 aliphatic rings. The summed E-state index contributed by atoms with van der Waals surface area (Å²) in [5.74, 6) is -0.345. The lowest BCUT2D eigenvalue weighted by Crippen LogP contribution is -2.36. The van der Waals surface area contributed by atoms with Crippen LogP contribution in [0.3, 0.4) is 0 Å². The van der Waals surface area contributed by atoms with Gasteiger partial charge in [0, 0.05) is 37.8 Å². The number of hydrogen-bond donors (Lipinski definition) is 0. The zero-order valence-electron chi connectivity index (χ0n) is 16.1. The third-order valence-corrected chi connectivity index (χ3v) is 8.63. The van der Waals surface area contributed by atoms with E-state index in [0.29, 0.717) is 28.6 Å². The van der Waals surface area contributed by atoms with Crippen LogP contribution in [-0.4, -0.2) is 39.2 Å². The SMILES string of the molecule is Cn1nc(-c2nnc(-c3ccccc3F)o2)c2c1CCN(S(=O)(=O)c1ccc(Cl)s1)C2. The molecule has 0 radical (unpaired) electrons. The van der Waals surface area contributed by atoms with Crippen LogP contribution >= 0.6 is 22.9 Å². The number of aryl methyl sites for hydroxylation is 1. The fourth-order valence-electron chi connectivity index (χ4n) is 3.57. The largest absolute Gasteiger partial charge is 0.414 e. The molecule has 0 aliphatic carbocycles. The number of nitrogens with zero attached hydrogens (tertiary/aromatic N) is 5. The average Bonchev–Trinajstić information content (AvgIpc) is 3.47. The predicted molar refractivity (Wildman–Crippen MR) is 113 cm³/mol. The molecule has 0 spiro atoms. The van der Waals surface area contributed by atoms with Crippen molar-refractivity contribution in [2.75, 3.05) is 6.54 Å². The monoisotopic (exact) mass is 479 g/mol. The molecule has 0 saturated carbocycles. The van der Waals surface area contributed by atoms with E-state index < -0.39 is 15.8 Å². The topological polar surface area (TPSA) is 94.1 Å². The van der Waals surface area contributed by atoms with E-state index in [9.17, 15) is 12.8 Å². The number of hydrogen-bond acceptors (Lipinski definition) is 7. The molecule has 31 heavy (non-hydrogen) atoms. The van der Waals surface area contributed by atoms with Crippen molar-refractivity contribution in [2.24, 2.45) is 7.05 Å². The Labute approximate surface area is 185 Å². The lowest BCUT2D eigenvalue weighted by molar-refractivity contribution is 0.387. The number of thiophene rings is 1. The molecule has 1 aliphatic heterocycles. The van der Waals surface area contributed by atoms with Gasteiger partial charge < -0.3 is 4.42 Å². The molecule has 0 amide bonds. The summed E-state index contributed by atoms with van der Waals surface area (Å²) in [6.07, 6.45) is 0.478. The number of aromatic nitrogens is 4. The fraction of sp³-hybridized carbons (Fsp3) is 0.211. The minimum atomic E-state index is -3.70. The summed E-state index contributed by atoms with van der Waals surface area (Å²) in [7, 11) is -1.93. The van der Waals surface area contributed by atoms with Crippen LogP contribution in [0.1, 0.15) is 11.3 Å². The van der Waals surface area contributed by atoms with Gasteiger partial charge in [-0.3, -0.25) is 4.68 Å². The Morgan fingerprint density at radius 3 is 2.68 bits per heavy atom. The van der Waals surface area contributed by atoms with Crippen LogP contribution in [0, 0.1) is 5.82 Å². The zero-order valence-corrected chi connectivity index (χ0v) is 18.5. The molecule has 12 heteroatoms. The van der Waals surface area contributed by atoms with E-state index in [0.717, 1.165) is 17.0 Å². The Morgan fingerprint density at radius 2 is 1.94 bits per heavy atom. The van der Waals surface area contributed by atoms with Gasteiger partial charge in [-0.25, -0.2) is 12.8 Å². The smallest absolute Gasteiger partial charge is 0.268 e. The summed E-state index contributed by atoms with van der Waals surface area (Å²) in [5, 5.41) is 12.5. The van der Waals surface area contributed by atoms with Crippen LogP contribution in [0.5, 0.6) is 0 Å². The number of sulfonamides is 1. The first-order valence-electron chi connectivity index (χ1n) is 9.23. The minimum Gasteiger partial charge on any atom is -0.414 e. The molecular formula is C19H15ClFN5O3S2. The van der Waals surface area contributed by atoms with E-state index in [2.05, 4.69) is 15.3 Å². The van der Waals surface area contributed by atoms with Crippen LogP contribution in [0.15, 0.2) is 45.0 Å². The summed E-state index contributed by atoms with van der Waals surface area (Å²) < 4.78 is 49.5. The van der Waals surface area contributed by atoms with Crippen molar-refractivity contribution in [1.82, 2.24) is 24.3 Å². The summed E-state index contributed by atoms with van der Waals surface area (Å²) in [6.45, 7) is 0.419. The van der Waals surface area contributed by atoms with Crippen LogP contribution in [0.4, 0.5) is 4.39 Å². The quantitative estimate of drug-likeness (QED) is 0.442. The lowest BCUT2D eigenvalue weighted by atomic mass is 10.1. The molecule has 0 fully saturated rings. The van der Waals surface area contributed by atoms with Gasteiger partial charge in [0.1, 0.15) is 10.0 Å². The Hall–Kier alpha value is -2.60. The predicted octanol–water partition coefficient (Wildman–Crippen LogP) is 3.74. The van der Waals surface area contributed by atoms with Crippen molar-refractivity contribution >= 4 is 33.0 Å². The van der Waals surface area contributed by atoms with Crippen molar-refractivity contribution in [3.8, 4) is 23.0 Å². The summed E-state index contributed by atoms with van der Waals surface area (Å²) in [4.78, 5) is 0. The summed E-state index contributed by atoms with van der Waals surface area (Å²) in [6, 6.07) is 9.15. The molecule has 0 unspecified atom stereocenters. The molecule has 160 valence electrons. The van der Waals surface area contributed by atoms with Crippen molar-refractivity contribution in [3.05, 3.63) is 57.8 Å². The average molecular weight is 480 g/mol. The van der Waals surface area contributed by atoms with Gasteiger partial charge in [-0.05, 0) is 24.3 Å². The van der Waals surface area contributed by atoms with E-state index >= 15 is 0 Å². The molecule has 3 aromatic heterocycles. The molecule has 1 aromatic carbocycles. The van der Waals surface area contributed by atoms with Gasteiger partial charge in [0.25, 0.3) is 21.8 Å². The first-order valence-corrected chi connectivity index (χ1v) is 11.9. The number of benzene rings is 1. The second-order valence-corrected chi connectivity index (χ2v) is 10.8. The first-order chi connectivity index (χ1) is 14.8. The molecule has 0 atom stereocenters. The Kier molecular flexibility index (Phi) is 4.93. The van der Waals surface area contributed by atoms with Crippen LogP contribution in [0.2, 0.25) is 4.34 Å². The molecule has 4 aromatic rings. The highest BCUT2D eigenvalue weighted by molar-refractivity contribution is 7.91. The van der Waals surface area contributed by atoms with Crippen LogP contribution in [-0.2, 0) is 30.0 Å². The highest BCUT2D eigenvalue weighted by Crippen LogP contribution is 2.35. The first kappa shape index (κ1) is 20.3. The molecular weight excluding hydrogens is 465 g/mol. The number of halogens is 2. The standard InChI is InChI=1S/C19H15ClFN5O3S2/c1-25-14-8-9-26(31(27,28)16-7-6-15(20)30-16)10-12(14)17(24-25)19-23-22-18(29-19)11-4-2-3-5-13(11)21/h2-7H,8-10H2,1H3. The van der Waals surface area contributed by atoms with E-state index in [4.69, 9.17) is 16.0 Å². The summed E-state index contributed by atoms with van der Waals surface area (Å²) in [5.41, 5.74) is 2.14. The highest BCUT2D eigenvalue weighted by atomic mass is 35.5. The van der Waals surface area contributed by atoms with E-state index in [1.165, 1.54) is 16.4 Å². The van der Waals surface area contributed by atoms with E-state index in [1.807, 2.05) is 0 Å². The Morgan fingerprint density at radius 1 is 1.16 bits per heavy atom. The van der Waals surface area contributed by atoms with Gasteiger partial charge in [0.15, 0.2) is 5.69 Å². The van der Waals surface area contributed by atoms with Crippen molar-refractivity contribution < 1.29 is 17.2 Å². The Bertz CT molecular complexity index is 1400. The molecule has 0 saturated heterocycles. The van der Waals surface area contributed by atoms with Gasteiger partial charge >= 0.3 is 0 Å². The van der Waals surface area contributed by atoms with Crippen LogP contribution < -0.4 is 0 Å². The molecule has 0 bridgehead atoms. The normalized spacial score (nSPS) is 14.7. The maximum absolute atomic E-state index is 14.1. The maximum atomic E-state index is 14.1. The highest BCUT2D eigenvalue weighted by Gasteiger charge is 2.34. The van der Waals surface area contributed by atoms with E-state index in [-0.39, 0.29) is 28.1 Å². The number of fused-ring (bicyclic) bond motifs is 1. The molecule has 4 heterocycles. The lowest BCUT2D eigenvalue weighted by Gasteiger charge is -2.26. The van der Waals surface area contributed by atoms with Gasteiger partial charge in [0.2, 0.25) is 0 Å². The summed E-state index contributed by atoms with van der Waals surface area (Å²) >= 11 is 6.94. The van der Waals surface area contributed by atoms with Gasteiger partial charge in [-0.15, -0.1) is 21.5 Å². The fourth-order valence-corrected chi connectivity index (χ4v) is 6.62. The molecule has 0 N–H and O–H groups in total. The van der Waals surface area contributed by atoms with Crippen molar-refractivity contribution in [2.45, 2.75) is 17.2 Å². The van der Waals surface area contributed by atoms with Crippen molar-refractivity contribution in [1.29, 1.82) is 0 Å². The number of rotatable bonds is 4. The second kappa shape index (κ2) is 7.52. The Balaban J connectivity index is 1.52. The van der Waals surface area contributed by atoms with Crippen molar-refractivity contribution in [3.63, 3.8) is 0 Å². The third-order valence-electron chi connectivity index (χ3n) is 5.08.